The maximum absolute atomic E-state index is 11.5. The Labute approximate surface area is 158 Å². The average molecular weight is 404 g/mol. The fourth-order valence-electron chi connectivity index (χ4n) is 1.54. The summed E-state index contributed by atoms with van der Waals surface area (Å²) in [6, 6.07) is 9.31. The molecule has 2 N–H and O–H groups in total. The SMILES string of the molecule is O=C(NN=Cc1ccc(Cl)c(Cl)c1)NN=Cc1ccc(Cl)c(Cl)c1. The summed E-state index contributed by atoms with van der Waals surface area (Å²) in [6.07, 6.45) is 2.84. The van der Waals surface area contributed by atoms with Gasteiger partial charge in [-0.1, -0.05) is 58.5 Å². The van der Waals surface area contributed by atoms with Gasteiger partial charge >= 0.3 is 6.03 Å². The standard InChI is InChI=1S/C15H10Cl4N4O/c16-11-3-1-9(5-13(11)18)7-20-22-15(24)23-21-8-10-2-4-12(17)14(19)6-10/h1-8H,(H2,22,23,24). The zero-order valence-corrected chi connectivity index (χ0v) is 15.0. The van der Waals surface area contributed by atoms with Crippen LogP contribution in [0.1, 0.15) is 11.1 Å². The van der Waals surface area contributed by atoms with E-state index in [-0.39, 0.29) is 0 Å². The Hall–Kier alpha value is -1.79. The second kappa shape index (κ2) is 8.89. The molecule has 0 atom stereocenters. The first-order chi connectivity index (χ1) is 11.5. The van der Waals surface area contributed by atoms with Crippen LogP contribution in [0.2, 0.25) is 20.1 Å². The third-order valence-corrected chi connectivity index (χ3v) is 4.12. The van der Waals surface area contributed by atoms with Gasteiger partial charge in [-0.3, -0.25) is 0 Å². The van der Waals surface area contributed by atoms with E-state index >= 15 is 0 Å². The Balaban J connectivity index is 1.84. The summed E-state index contributed by atoms with van der Waals surface area (Å²) in [6.45, 7) is 0. The van der Waals surface area contributed by atoms with Crippen molar-refractivity contribution in [3.63, 3.8) is 0 Å². The van der Waals surface area contributed by atoms with Crippen LogP contribution in [0.15, 0.2) is 46.6 Å². The van der Waals surface area contributed by atoms with Gasteiger partial charge in [0, 0.05) is 0 Å². The predicted octanol–water partition coefficient (Wildman–Crippen LogP) is 4.97. The molecule has 0 spiro atoms. The van der Waals surface area contributed by atoms with Crippen LogP contribution < -0.4 is 10.9 Å². The Bertz CT molecular complexity index is 743. The molecule has 9 heteroatoms. The van der Waals surface area contributed by atoms with Crippen molar-refractivity contribution in [2.45, 2.75) is 0 Å². The van der Waals surface area contributed by atoms with Crippen LogP contribution in [-0.2, 0) is 0 Å². The minimum atomic E-state index is -0.609. The number of carbonyl (C=O) groups is 1. The molecule has 0 aliphatic carbocycles. The van der Waals surface area contributed by atoms with Crippen LogP contribution in [0.25, 0.3) is 0 Å². The number of urea groups is 1. The molecule has 0 fully saturated rings. The van der Waals surface area contributed by atoms with Gasteiger partial charge in [-0.15, -0.1) is 0 Å². The van der Waals surface area contributed by atoms with Gasteiger partial charge in [0.2, 0.25) is 0 Å². The minimum Gasteiger partial charge on any atom is -0.245 e. The highest BCUT2D eigenvalue weighted by Gasteiger charge is 1.99. The van der Waals surface area contributed by atoms with Crippen molar-refractivity contribution in [3.8, 4) is 0 Å². The van der Waals surface area contributed by atoms with Crippen LogP contribution >= 0.6 is 46.4 Å². The molecule has 0 saturated carbocycles. The van der Waals surface area contributed by atoms with Crippen molar-refractivity contribution in [1.82, 2.24) is 10.9 Å². The third kappa shape index (κ3) is 5.69. The van der Waals surface area contributed by atoms with Gasteiger partial charge in [-0.2, -0.15) is 10.2 Å². The minimum absolute atomic E-state index is 0.399. The summed E-state index contributed by atoms with van der Waals surface area (Å²) in [4.78, 5) is 11.5. The van der Waals surface area contributed by atoms with Gasteiger partial charge in [-0.25, -0.2) is 15.6 Å². The van der Waals surface area contributed by atoms with Crippen molar-refractivity contribution in [1.29, 1.82) is 0 Å². The molecule has 2 amide bonds. The molecule has 2 aromatic rings. The van der Waals surface area contributed by atoms with Crippen molar-refractivity contribution in [2.75, 3.05) is 0 Å². The van der Waals surface area contributed by atoms with Gasteiger partial charge in [0.1, 0.15) is 0 Å². The van der Waals surface area contributed by atoms with Crippen LogP contribution in [0.3, 0.4) is 0 Å². The first kappa shape index (κ1) is 18.5. The van der Waals surface area contributed by atoms with Gasteiger partial charge in [0.25, 0.3) is 0 Å². The molecule has 0 unspecified atom stereocenters. The fraction of sp³-hybridized carbons (Fsp3) is 0. The maximum Gasteiger partial charge on any atom is 0.355 e. The molecule has 0 bridgehead atoms. The molecule has 5 nitrogen and oxygen atoms in total. The van der Waals surface area contributed by atoms with Crippen molar-refractivity contribution >= 4 is 64.9 Å². The second-order valence-corrected chi connectivity index (χ2v) is 6.05. The number of carbonyl (C=O) groups excluding carboxylic acids is 1. The van der Waals surface area contributed by atoms with E-state index in [2.05, 4.69) is 21.1 Å². The van der Waals surface area contributed by atoms with E-state index < -0.39 is 6.03 Å². The molecule has 2 rings (SSSR count). The summed E-state index contributed by atoms with van der Waals surface area (Å²) in [5, 5.41) is 9.21. The number of halogens is 4. The fourth-order valence-corrected chi connectivity index (χ4v) is 2.15. The Morgan fingerprint density at radius 3 is 1.54 bits per heavy atom. The number of amides is 2. The lowest BCUT2D eigenvalue weighted by atomic mass is 10.2. The van der Waals surface area contributed by atoms with E-state index in [1.165, 1.54) is 12.4 Å². The normalized spacial score (nSPS) is 11.2. The highest BCUT2D eigenvalue weighted by atomic mass is 35.5. The molecule has 124 valence electrons. The molecule has 0 aliphatic rings. The molecular weight excluding hydrogens is 394 g/mol. The predicted molar refractivity (Wildman–Crippen MR) is 99.8 cm³/mol. The topological polar surface area (TPSA) is 65.8 Å². The lowest BCUT2D eigenvalue weighted by Gasteiger charge is -2.00. The summed E-state index contributed by atoms with van der Waals surface area (Å²) >= 11 is 23.4. The van der Waals surface area contributed by atoms with Crippen LogP contribution in [0.4, 0.5) is 4.79 Å². The zero-order chi connectivity index (χ0) is 17.5. The first-order valence-corrected chi connectivity index (χ1v) is 7.99. The van der Waals surface area contributed by atoms with E-state index in [1.54, 1.807) is 36.4 Å². The third-order valence-electron chi connectivity index (χ3n) is 2.65. The Kier molecular flexibility index (Phi) is 6.87. The van der Waals surface area contributed by atoms with Crippen molar-refractivity contribution in [3.05, 3.63) is 67.6 Å². The summed E-state index contributed by atoms with van der Waals surface area (Å²) in [7, 11) is 0. The first-order valence-electron chi connectivity index (χ1n) is 6.48. The molecule has 0 heterocycles. The molecule has 0 aliphatic heterocycles. The van der Waals surface area contributed by atoms with E-state index in [1.807, 2.05) is 0 Å². The van der Waals surface area contributed by atoms with Gasteiger partial charge < -0.3 is 0 Å². The quantitative estimate of drug-likeness (QED) is 0.549. The van der Waals surface area contributed by atoms with Crippen molar-refractivity contribution in [2.24, 2.45) is 10.2 Å². The zero-order valence-electron chi connectivity index (χ0n) is 11.9. The monoisotopic (exact) mass is 402 g/mol. The molecule has 0 saturated heterocycles. The average Bonchev–Trinajstić information content (AvgIpc) is 2.54. The van der Waals surface area contributed by atoms with Crippen LogP contribution in [0.5, 0.6) is 0 Å². The molecule has 24 heavy (non-hydrogen) atoms. The van der Waals surface area contributed by atoms with Crippen LogP contribution in [0, 0.1) is 0 Å². The van der Waals surface area contributed by atoms with E-state index in [0.717, 1.165) is 0 Å². The lowest BCUT2D eigenvalue weighted by Crippen LogP contribution is -2.28. The maximum atomic E-state index is 11.5. The number of benzene rings is 2. The number of hydrazone groups is 2. The van der Waals surface area contributed by atoms with Crippen LogP contribution in [-0.4, -0.2) is 18.5 Å². The summed E-state index contributed by atoms with van der Waals surface area (Å²) < 4.78 is 0. The molecular formula is C15H10Cl4N4O. The Morgan fingerprint density at radius 1 is 0.750 bits per heavy atom. The smallest absolute Gasteiger partial charge is 0.245 e. The number of nitrogens with zero attached hydrogens (tertiary/aromatic N) is 2. The van der Waals surface area contributed by atoms with E-state index in [9.17, 15) is 4.79 Å². The molecule has 0 radical (unpaired) electrons. The van der Waals surface area contributed by atoms with Crippen molar-refractivity contribution < 1.29 is 4.79 Å². The number of rotatable bonds is 4. The summed E-state index contributed by atoms with van der Waals surface area (Å²) in [5.74, 6) is 0. The van der Waals surface area contributed by atoms with Gasteiger partial charge in [0.05, 0.1) is 32.5 Å². The van der Waals surface area contributed by atoms with Gasteiger partial charge in [0.15, 0.2) is 0 Å². The number of hydrogen-bond acceptors (Lipinski definition) is 3. The van der Waals surface area contributed by atoms with E-state index in [4.69, 9.17) is 46.4 Å². The highest BCUT2D eigenvalue weighted by molar-refractivity contribution is 6.42. The largest absolute Gasteiger partial charge is 0.355 e. The highest BCUT2D eigenvalue weighted by Crippen LogP contribution is 2.22. The second-order valence-electron chi connectivity index (χ2n) is 4.42. The lowest BCUT2D eigenvalue weighted by molar-refractivity contribution is 0.242. The Morgan fingerprint density at radius 2 is 1.17 bits per heavy atom. The van der Waals surface area contributed by atoms with Gasteiger partial charge in [-0.05, 0) is 35.4 Å². The summed E-state index contributed by atoms with van der Waals surface area (Å²) in [5.41, 5.74) is 5.88. The molecule has 0 aromatic heterocycles. The van der Waals surface area contributed by atoms with E-state index in [0.29, 0.717) is 31.2 Å². The number of nitrogens with one attached hydrogen (secondary N) is 2. The molecule has 2 aromatic carbocycles. The number of hydrogen-bond donors (Lipinski definition) is 2.